The van der Waals surface area contributed by atoms with Crippen LogP contribution in [0.15, 0.2) is 48.5 Å². The highest BCUT2D eigenvalue weighted by molar-refractivity contribution is 5.42. The van der Waals surface area contributed by atoms with Crippen LogP contribution in [-0.4, -0.2) is 24.3 Å². The zero-order valence-corrected chi connectivity index (χ0v) is 12.2. The number of hydrogen-bond donors (Lipinski definition) is 1. The smallest absolute Gasteiger partial charge is 0.457 e. The molecule has 8 heteroatoms. The maximum Gasteiger partial charge on any atom is 0.457 e. The van der Waals surface area contributed by atoms with Gasteiger partial charge in [0.25, 0.3) is 0 Å². The van der Waals surface area contributed by atoms with E-state index in [1.165, 1.54) is 7.11 Å². The van der Waals surface area contributed by atoms with Crippen molar-refractivity contribution in [1.29, 1.82) is 0 Å². The van der Waals surface area contributed by atoms with Crippen molar-refractivity contribution in [3.8, 4) is 5.75 Å². The van der Waals surface area contributed by atoms with Crippen LogP contribution in [-0.2, 0) is 5.60 Å². The Morgan fingerprint density at radius 1 is 0.792 bits per heavy atom. The molecule has 0 saturated heterocycles. The fourth-order valence-electron chi connectivity index (χ4n) is 2.26. The molecule has 0 aliphatic heterocycles. The van der Waals surface area contributed by atoms with Gasteiger partial charge in [-0.05, 0) is 35.4 Å². The summed E-state index contributed by atoms with van der Waals surface area (Å²) in [4.78, 5) is 0. The molecule has 0 aliphatic carbocycles. The lowest BCUT2D eigenvalue weighted by Gasteiger charge is -2.37. The van der Waals surface area contributed by atoms with Gasteiger partial charge in [0.05, 0.1) is 7.11 Å². The van der Waals surface area contributed by atoms with E-state index in [4.69, 9.17) is 4.74 Å². The monoisotopic (exact) mass is 350 g/mol. The molecule has 2 aromatic rings. The van der Waals surface area contributed by atoms with Gasteiger partial charge in [-0.25, -0.2) is 4.39 Å². The fraction of sp³-hybridized carbons (Fsp3) is 0.250. The van der Waals surface area contributed by atoms with Crippen LogP contribution in [0, 0.1) is 5.82 Å². The first-order valence-corrected chi connectivity index (χ1v) is 6.61. The molecule has 0 saturated carbocycles. The van der Waals surface area contributed by atoms with Crippen molar-refractivity contribution in [3.05, 3.63) is 65.5 Å². The van der Waals surface area contributed by atoms with E-state index in [0.717, 1.165) is 24.3 Å². The van der Waals surface area contributed by atoms with Crippen molar-refractivity contribution in [2.45, 2.75) is 17.7 Å². The first kappa shape index (κ1) is 18.1. The molecule has 130 valence electrons. The van der Waals surface area contributed by atoms with Gasteiger partial charge in [-0.15, -0.1) is 0 Å². The minimum absolute atomic E-state index is 0.204. The maximum atomic E-state index is 14.1. The number of benzene rings is 2. The summed E-state index contributed by atoms with van der Waals surface area (Å²) in [7, 11) is 1.28. The van der Waals surface area contributed by atoms with Gasteiger partial charge in [0.2, 0.25) is 0 Å². The molecule has 1 unspecified atom stereocenters. The van der Waals surface area contributed by atoms with Crippen molar-refractivity contribution in [2.75, 3.05) is 7.11 Å². The van der Waals surface area contributed by atoms with Gasteiger partial charge < -0.3 is 9.84 Å². The average Bonchev–Trinajstić information content (AvgIpc) is 2.53. The maximum absolute atomic E-state index is 14.1. The molecule has 1 atom stereocenters. The lowest BCUT2D eigenvalue weighted by molar-refractivity contribution is -0.336. The highest BCUT2D eigenvalue weighted by Crippen LogP contribution is 2.51. The summed E-state index contributed by atoms with van der Waals surface area (Å²) in [5, 5.41) is 10.4. The van der Waals surface area contributed by atoms with Crippen LogP contribution in [0.2, 0.25) is 0 Å². The summed E-state index contributed by atoms with van der Waals surface area (Å²) in [6.45, 7) is 0. The molecule has 2 nitrogen and oxygen atoms in total. The third-order valence-electron chi connectivity index (χ3n) is 3.58. The minimum atomic E-state index is -6.03. The van der Waals surface area contributed by atoms with Gasteiger partial charge in [0, 0.05) is 0 Å². The third kappa shape index (κ3) is 2.82. The van der Waals surface area contributed by atoms with Crippen LogP contribution in [0.25, 0.3) is 0 Å². The van der Waals surface area contributed by atoms with Crippen molar-refractivity contribution < 1.29 is 36.2 Å². The van der Waals surface area contributed by atoms with Gasteiger partial charge in [-0.2, -0.15) is 22.0 Å². The van der Waals surface area contributed by atoms with Crippen molar-refractivity contribution >= 4 is 0 Å². The Hall–Kier alpha value is -2.22. The van der Waals surface area contributed by atoms with Crippen LogP contribution >= 0.6 is 0 Å². The Morgan fingerprint density at radius 2 is 1.21 bits per heavy atom. The topological polar surface area (TPSA) is 29.5 Å². The molecule has 0 aliphatic rings. The molecule has 1 N–H and O–H groups in total. The number of rotatable bonds is 4. The Kier molecular flexibility index (Phi) is 4.54. The molecule has 2 rings (SSSR count). The summed E-state index contributed by atoms with van der Waals surface area (Å²) < 4.78 is 84.8. The van der Waals surface area contributed by atoms with E-state index in [-0.39, 0.29) is 5.75 Å². The molecule has 0 spiro atoms. The first-order valence-electron chi connectivity index (χ1n) is 6.61. The summed E-state index contributed by atoms with van der Waals surface area (Å²) in [5.41, 5.74) is -5.24. The Bertz CT molecular complexity index is 694. The van der Waals surface area contributed by atoms with Crippen molar-refractivity contribution in [3.63, 3.8) is 0 Å². The molecule has 2 aromatic carbocycles. The van der Waals surface area contributed by atoms with E-state index in [9.17, 15) is 31.4 Å². The highest BCUT2D eigenvalue weighted by atomic mass is 19.4. The molecule has 0 radical (unpaired) electrons. The molecule has 0 heterocycles. The fourth-order valence-corrected chi connectivity index (χ4v) is 2.26. The summed E-state index contributed by atoms with van der Waals surface area (Å²) in [6.07, 6.45) is -6.03. The van der Waals surface area contributed by atoms with Gasteiger partial charge in [-0.3, -0.25) is 0 Å². The van der Waals surface area contributed by atoms with Crippen LogP contribution in [0.4, 0.5) is 26.3 Å². The summed E-state index contributed by atoms with van der Waals surface area (Å²) in [5.74, 6) is -6.16. The average molecular weight is 350 g/mol. The van der Waals surface area contributed by atoms with E-state index < -0.39 is 34.6 Å². The third-order valence-corrected chi connectivity index (χ3v) is 3.58. The number of halogens is 6. The Labute approximate surface area is 133 Å². The van der Waals surface area contributed by atoms with Gasteiger partial charge in [-0.1, -0.05) is 24.3 Å². The second-order valence-corrected chi connectivity index (χ2v) is 5.02. The number of ether oxygens (including phenoxy) is 1. The Balaban J connectivity index is 2.71. The second-order valence-electron chi connectivity index (χ2n) is 5.02. The standard InChI is InChI=1S/C16H12F6O2/c1-24-13-8-4-11(5-9-13)14(23,15(18,19)16(20,21)22)10-2-6-12(17)7-3-10/h2-9,23H,1H3. The summed E-state index contributed by atoms with van der Waals surface area (Å²) >= 11 is 0. The molecule has 0 aromatic heterocycles. The molecular weight excluding hydrogens is 338 g/mol. The first-order chi connectivity index (χ1) is 11.0. The van der Waals surface area contributed by atoms with Crippen molar-refractivity contribution in [1.82, 2.24) is 0 Å². The lowest BCUT2D eigenvalue weighted by Crippen LogP contribution is -2.55. The highest BCUT2D eigenvalue weighted by Gasteiger charge is 2.71. The second kappa shape index (κ2) is 6.01. The number of hydrogen-bond acceptors (Lipinski definition) is 2. The van der Waals surface area contributed by atoms with E-state index in [1.807, 2.05) is 0 Å². The lowest BCUT2D eigenvalue weighted by atomic mass is 9.80. The molecule has 0 fully saturated rings. The molecule has 0 amide bonds. The molecule has 24 heavy (non-hydrogen) atoms. The molecular formula is C16H12F6O2. The Morgan fingerprint density at radius 3 is 1.58 bits per heavy atom. The van der Waals surface area contributed by atoms with Gasteiger partial charge in [0.1, 0.15) is 11.6 Å². The van der Waals surface area contributed by atoms with Crippen LogP contribution < -0.4 is 4.74 Å². The largest absolute Gasteiger partial charge is 0.497 e. The SMILES string of the molecule is COc1ccc(C(O)(c2ccc(F)cc2)C(F)(F)C(F)(F)F)cc1. The van der Waals surface area contributed by atoms with Gasteiger partial charge >= 0.3 is 12.1 Å². The van der Waals surface area contributed by atoms with E-state index in [2.05, 4.69) is 0 Å². The van der Waals surface area contributed by atoms with E-state index >= 15 is 0 Å². The summed E-state index contributed by atoms with van der Waals surface area (Å²) in [6, 6.07) is 6.79. The quantitative estimate of drug-likeness (QED) is 0.835. The predicted molar refractivity (Wildman–Crippen MR) is 73.4 cm³/mol. The number of methoxy groups -OCH3 is 1. The minimum Gasteiger partial charge on any atom is -0.497 e. The van der Waals surface area contributed by atoms with Crippen LogP contribution in [0.3, 0.4) is 0 Å². The predicted octanol–water partition coefficient (Wildman–Crippen LogP) is 4.27. The number of alkyl halides is 5. The number of aliphatic hydroxyl groups is 1. The van der Waals surface area contributed by atoms with Crippen molar-refractivity contribution in [2.24, 2.45) is 0 Å². The normalized spacial score (nSPS) is 15.0. The van der Waals surface area contributed by atoms with Crippen LogP contribution in [0.1, 0.15) is 11.1 Å². The zero-order chi connectivity index (χ0) is 18.2. The van der Waals surface area contributed by atoms with Crippen LogP contribution in [0.5, 0.6) is 5.75 Å². The van der Waals surface area contributed by atoms with E-state index in [1.54, 1.807) is 0 Å². The van der Waals surface area contributed by atoms with E-state index in [0.29, 0.717) is 24.3 Å². The zero-order valence-electron chi connectivity index (χ0n) is 12.2. The van der Waals surface area contributed by atoms with Gasteiger partial charge in [0.15, 0.2) is 5.60 Å². The molecule has 0 bridgehead atoms.